The molecule has 0 aliphatic rings. The Labute approximate surface area is 161 Å². The van der Waals surface area contributed by atoms with Crippen LogP contribution in [0.5, 0.6) is 0 Å². The quantitative estimate of drug-likeness (QED) is 0.369. The van der Waals surface area contributed by atoms with Gasteiger partial charge < -0.3 is 4.52 Å². The van der Waals surface area contributed by atoms with Gasteiger partial charge in [0.2, 0.25) is 5.13 Å². The molecule has 2 aromatic carbocycles. The smallest absolute Gasteiger partial charge is 0.203 e. The highest BCUT2D eigenvalue weighted by atomic mass is 32.1. The zero-order chi connectivity index (χ0) is 18.6. The van der Waals surface area contributed by atoms with Crippen LogP contribution in [0.1, 0.15) is 17.0 Å². The van der Waals surface area contributed by atoms with Gasteiger partial charge >= 0.3 is 0 Å². The summed E-state index contributed by atoms with van der Waals surface area (Å²) in [5, 5.41) is 11.1. The number of aryl methyl sites for hydroxylation is 2. The third-order valence-electron chi connectivity index (χ3n) is 4.18. The van der Waals surface area contributed by atoms with E-state index >= 15 is 0 Å². The number of rotatable bonds is 5. The lowest BCUT2D eigenvalue weighted by atomic mass is 10.0. The van der Waals surface area contributed by atoms with Crippen molar-refractivity contribution in [1.82, 2.24) is 10.1 Å². The maximum atomic E-state index is 5.24. The number of nitrogens with one attached hydrogen (secondary N) is 1. The van der Waals surface area contributed by atoms with Crippen LogP contribution >= 0.6 is 11.3 Å². The summed E-state index contributed by atoms with van der Waals surface area (Å²) in [4.78, 5) is 4.56. The second-order valence-corrected chi connectivity index (χ2v) is 6.95. The van der Waals surface area contributed by atoms with Gasteiger partial charge in [-0.15, -0.1) is 11.3 Å². The van der Waals surface area contributed by atoms with E-state index in [9.17, 15) is 0 Å². The summed E-state index contributed by atoms with van der Waals surface area (Å²) in [7, 11) is 0. The lowest BCUT2D eigenvalue weighted by Crippen LogP contribution is -1.90. The average Bonchev–Trinajstić information content (AvgIpc) is 3.30. The van der Waals surface area contributed by atoms with Gasteiger partial charge in [-0.2, -0.15) is 5.10 Å². The molecule has 0 bridgehead atoms. The zero-order valence-corrected chi connectivity index (χ0v) is 15.8. The van der Waals surface area contributed by atoms with Crippen molar-refractivity contribution in [1.29, 1.82) is 0 Å². The van der Waals surface area contributed by atoms with Crippen molar-refractivity contribution in [2.75, 3.05) is 5.43 Å². The minimum atomic E-state index is 0.762. The summed E-state index contributed by atoms with van der Waals surface area (Å²) >= 11 is 1.53. The molecule has 1 N–H and O–H groups in total. The largest absolute Gasteiger partial charge is 0.361 e. The number of aromatic nitrogens is 2. The van der Waals surface area contributed by atoms with Crippen LogP contribution in [0.4, 0.5) is 5.13 Å². The molecular formula is C21H18N4OS. The summed E-state index contributed by atoms with van der Waals surface area (Å²) in [6.45, 7) is 3.87. The fraction of sp³-hybridized carbons (Fsp3) is 0.0952. The number of benzene rings is 2. The van der Waals surface area contributed by atoms with Crippen LogP contribution < -0.4 is 5.43 Å². The van der Waals surface area contributed by atoms with Crippen molar-refractivity contribution in [3.63, 3.8) is 0 Å². The topological polar surface area (TPSA) is 63.3 Å². The lowest BCUT2D eigenvalue weighted by molar-refractivity contribution is 0.393. The third-order valence-corrected chi connectivity index (χ3v) is 4.93. The Balaban J connectivity index is 1.43. The first kappa shape index (κ1) is 17.2. The second-order valence-electron chi connectivity index (χ2n) is 6.10. The van der Waals surface area contributed by atoms with E-state index < -0.39 is 0 Å². The molecule has 2 aromatic heterocycles. The molecule has 0 saturated heterocycles. The highest BCUT2D eigenvalue weighted by Crippen LogP contribution is 2.27. The summed E-state index contributed by atoms with van der Waals surface area (Å²) in [6.07, 6.45) is 1.78. The van der Waals surface area contributed by atoms with Crippen molar-refractivity contribution >= 4 is 22.7 Å². The van der Waals surface area contributed by atoms with Crippen LogP contribution in [-0.2, 0) is 0 Å². The molecule has 0 aliphatic carbocycles. The molecule has 0 aliphatic heterocycles. The third kappa shape index (κ3) is 3.80. The SMILES string of the molecule is Cc1noc(C)c1-c1ccc(C=NNc2nc(-c3ccccc3)cs2)cc1. The highest BCUT2D eigenvalue weighted by Gasteiger charge is 2.10. The number of hydrogen-bond acceptors (Lipinski definition) is 6. The minimum absolute atomic E-state index is 0.762. The number of anilines is 1. The van der Waals surface area contributed by atoms with Crippen LogP contribution in [0.25, 0.3) is 22.4 Å². The number of nitrogens with zero attached hydrogens (tertiary/aromatic N) is 3. The van der Waals surface area contributed by atoms with Crippen molar-refractivity contribution < 1.29 is 4.52 Å². The zero-order valence-electron chi connectivity index (χ0n) is 15.0. The maximum Gasteiger partial charge on any atom is 0.203 e. The molecule has 0 radical (unpaired) electrons. The van der Waals surface area contributed by atoms with E-state index in [0.717, 1.165) is 44.5 Å². The highest BCUT2D eigenvalue weighted by molar-refractivity contribution is 7.14. The Kier molecular flexibility index (Phi) is 4.80. The van der Waals surface area contributed by atoms with Gasteiger partial charge in [0.25, 0.3) is 0 Å². The standard InChI is InChI=1S/C21H18N4OS/c1-14-20(15(2)26-25-14)18-10-8-16(9-11-18)12-22-24-21-23-19(13-27-21)17-6-4-3-5-7-17/h3-13H,1-2H3,(H,23,24). The van der Waals surface area contributed by atoms with Crippen LogP contribution in [0.3, 0.4) is 0 Å². The molecular weight excluding hydrogens is 356 g/mol. The van der Waals surface area contributed by atoms with Gasteiger partial charge in [0.1, 0.15) is 5.76 Å². The second kappa shape index (κ2) is 7.55. The molecule has 27 heavy (non-hydrogen) atoms. The normalized spacial score (nSPS) is 11.2. The molecule has 0 fully saturated rings. The van der Waals surface area contributed by atoms with E-state index in [1.54, 1.807) is 6.21 Å². The number of thiazole rings is 1. The van der Waals surface area contributed by atoms with E-state index in [2.05, 4.69) is 20.7 Å². The van der Waals surface area contributed by atoms with Gasteiger partial charge in [-0.05, 0) is 25.0 Å². The van der Waals surface area contributed by atoms with Crippen molar-refractivity contribution in [3.05, 3.63) is 77.0 Å². The molecule has 0 atom stereocenters. The van der Waals surface area contributed by atoms with E-state index in [4.69, 9.17) is 4.52 Å². The summed E-state index contributed by atoms with van der Waals surface area (Å²) < 4.78 is 5.24. The first-order chi connectivity index (χ1) is 13.2. The predicted molar refractivity (Wildman–Crippen MR) is 110 cm³/mol. The Hall–Kier alpha value is -3.25. The number of hydrazone groups is 1. The predicted octanol–water partition coefficient (Wildman–Crippen LogP) is 5.53. The summed E-state index contributed by atoms with van der Waals surface area (Å²) in [6, 6.07) is 18.2. The lowest BCUT2D eigenvalue weighted by Gasteiger charge is -2.01. The van der Waals surface area contributed by atoms with Crippen LogP contribution in [-0.4, -0.2) is 16.4 Å². The molecule has 4 rings (SSSR count). The van der Waals surface area contributed by atoms with Gasteiger partial charge in [0.05, 0.1) is 17.6 Å². The fourth-order valence-corrected chi connectivity index (χ4v) is 3.53. The van der Waals surface area contributed by atoms with Gasteiger partial charge in [-0.25, -0.2) is 4.98 Å². The van der Waals surface area contributed by atoms with Crippen molar-refractivity contribution in [2.24, 2.45) is 5.10 Å². The van der Waals surface area contributed by atoms with Crippen LogP contribution in [0.15, 0.2) is 69.6 Å². The number of hydrogen-bond donors (Lipinski definition) is 1. The van der Waals surface area contributed by atoms with E-state index in [1.165, 1.54) is 11.3 Å². The molecule has 4 aromatic rings. The van der Waals surface area contributed by atoms with E-state index in [1.807, 2.05) is 73.8 Å². The first-order valence-electron chi connectivity index (χ1n) is 8.54. The van der Waals surface area contributed by atoms with Gasteiger partial charge in [-0.1, -0.05) is 59.8 Å². The average molecular weight is 374 g/mol. The van der Waals surface area contributed by atoms with Crippen LogP contribution in [0.2, 0.25) is 0 Å². The summed E-state index contributed by atoms with van der Waals surface area (Å²) in [5.41, 5.74) is 9.07. The monoisotopic (exact) mass is 374 g/mol. The Morgan fingerprint density at radius 3 is 2.48 bits per heavy atom. The maximum absolute atomic E-state index is 5.24. The van der Waals surface area contributed by atoms with Gasteiger partial charge in [-0.3, -0.25) is 5.43 Å². The fourth-order valence-electron chi connectivity index (χ4n) is 2.86. The Morgan fingerprint density at radius 1 is 1.00 bits per heavy atom. The Morgan fingerprint density at radius 2 is 1.78 bits per heavy atom. The molecule has 5 nitrogen and oxygen atoms in total. The minimum Gasteiger partial charge on any atom is -0.361 e. The molecule has 0 spiro atoms. The molecule has 2 heterocycles. The Bertz CT molecular complexity index is 1050. The van der Waals surface area contributed by atoms with E-state index in [-0.39, 0.29) is 0 Å². The molecule has 0 unspecified atom stereocenters. The van der Waals surface area contributed by atoms with Gasteiger partial charge in [0.15, 0.2) is 0 Å². The van der Waals surface area contributed by atoms with Crippen molar-refractivity contribution in [2.45, 2.75) is 13.8 Å². The van der Waals surface area contributed by atoms with Crippen molar-refractivity contribution in [3.8, 4) is 22.4 Å². The molecule has 0 amide bonds. The first-order valence-corrected chi connectivity index (χ1v) is 9.42. The molecule has 0 saturated carbocycles. The van der Waals surface area contributed by atoms with E-state index in [0.29, 0.717) is 0 Å². The summed E-state index contributed by atoms with van der Waals surface area (Å²) in [5.74, 6) is 0.827. The molecule has 134 valence electrons. The van der Waals surface area contributed by atoms with Gasteiger partial charge in [0, 0.05) is 16.5 Å². The van der Waals surface area contributed by atoms with Crippen LogP contribution in [0, 0.1) is 13.8 Å². The molecule has 6 heteroatoms.